The van der Waals surface area contributed by atoms with Gasteiger partial charge in [-0.25, -0.2) is 14.0 Å². The first kappa shape index (κ1) is 32.8. The molecule has 2 N–H and O–H groups in total. The predicted octanol–water partition coefficient (Wildman–Crippen LogP) is 2.85. The summed E-state index contributed by atoms with van der Waals surface area (Å²) in [4.78, 5) is 59.9. The van der Waals surface area contributed by atoms with Gasteiger partial charge >= 0.3 is 12.1 Å². The zero-order valence-electron chi connectivity index (χ0n) is 23.6. The van der Waals surface area contributed by atoms with E-state index >= 15 is 4.39 Å². The first-order valence-corrected chi connectivity index (χ1v) is 13.4. The lowest BCUT2D eigenvalue weighted by Crippen LogP contribution is -2.66. The Labute approximate surface area is 247 Å². The maximum Gasteiger partial charge on any atom is 0.415 e. The lowest BCUT2D eigenvalue weighted by molar-refractivity contribution is -0.140. The van der Waals surface area contributed by atoms with E-state index in [-0.39, 0.29) is 68.7 Å². The number of morpholine rings is 1. The van der Waals surface area contributed by atoms with Crippen LogP contribution in [0.2, 0.25) is 0 Å². The minimum atomic E-state index is -1.73. The van der Waals surface area contributed by atoms with Crippen molar-refractivity contribution in [2.24, 2.45) is 5.41 Å². The fourth-order valence-corrected chi connectivity index (χ4v) is 5.14. The van der Waals surface area contributed by atoms with Gasteiger partial charge in [-0.05, 0) is 25.0 Å². The molecular formula is C28H36FN7O7. The quantitative estimate of drug-likeness (QED) is 0.334. The second-order valence-corrected chi connectivity index (χ2v) is 9.42. The fourth-order valence-electron chi connectivity index (χ4n) is 5.14. The molecule has 3 atom stereocenters. The largest absolute Gasteiger partial charge is 0.447 e. The fraction of sp³-hybridized carbons (Fsp3) is 0.464. The van der Waals surface area contributed by atoms with Gasteiger partial charge in [0, 0.05) is 38.4 Å². The van der Waals surface area contributed by atoms with E-state index < -0.39 is 35.3 Å². The zero-order chi connectivity index (χ0) is 30.4. The summed E-state index contributed by atoms with van der Waals surface area (Å²) < 4.78 is 31.8. The standard InChI is InChI=1S/C21H22FN5O7.C4H4N2.C2H6.CH4/c1-10-7-27-13(8-33-10)21(9-28,18(29)24-19(30)23-2)6-11-5-12-16(14(22)15(11)27)34-25-17(12)26-3-4-32-20(26)31;1-2-6-4-3-5-1;1-2;/h5,9-10,13H,3-4,6-8H2,1-2H3,(H2,23,24,29,30);1-4H;1-2H3;1H4/t10-,13?,21?;;;/m1.../s1. The number of halogens is 1. The van der Waals surface area contributed by atoms with Crippen LogP contribution in [-0.4, -0.2) is 84.9 Å². The van der Waals surface area contributed by atoms with Gasteiger partial charge in [0.05, 0.1) is 36.4 Å². The number of carbonyl (C=O) groups excluding carboxylic acids is 4. The summed E-state index contributed by atoms with van der Waals surface area (Å²) in [6, 6.07) is -0.0714. The number of aromatic nitrogens is 3. The molecule has 3 aliphatic rings. The van der Waals surface area contributed by atoms with Crippen molar-refractivity contribution in [3.8, 4) is 0 Å². The Morgan fingerprint density at radius 1 is 1.19 bits per heavy atom. The molecule has 15 heteroatoms. The Kier molecular flexibility index (Phi) is 10.7. The number of carbonyl (C=O) groups is 4. The maximum absolute atomic E-state index is 15.9. The molecule has 43 heavy (non-hydrogen) atoms. The Hall–Kier alpha value is -4.66. The molecule has 0 aliphatic carbocycles. The summed E-state index contributed by atoms with van der Waals surface area (Å²) in [5.41, 5.74) is -1.38. The highest BCUT2D eigenvalue weighted by Gasteiger charge is 2.55. The second-order valence-electron chi connectivity index (χ2n) is 9.42. The topological polar surface area (TPSA) is 169 Å². The zero-order valence-corrected chi connectivity index (χ0v) is 23.6. The number of imide groups is 1. The number of cyclic esters (lactones) is 1. The van der Waals surface area contributed by atoms with Crippen molar-refractivity contribution in [2.45, 2.75) is 46.8 Å². The molecule has 2 aromatic heterocycles. The molecule has 0 saturated carbocycles. The van der Waals surface area contributed by atoms with Crippen molar-refractivity contribution in [3.63, 3.8) is 0 Å². The minimum absolute atomic E-state index is 0. The number of nitrogens with one attached hydrogen (secondary N) is 2. The van der Waals surface area contributed by atoms with Gasteiger partial charge in [-0.3, -0.25) is 25.0 Å². The maximum atomic E-state index is 15.9. The van der Waals surface area contributed by atoms with Crippen LogP contribution in [0.1, 0.15) is 33.8 Å². The summed E-state index contributed by atoms with van der Waals surface area (Å²) in [6.45, 7) is 6.33. The normalized spacial score (nSPS) is 21.8. The molecule has 5 heterocycles. The second kappa shape index (κ2) is 14.0. The third-order valence-electron chi connectivity index (χ3n) is 7.05. The van der Waals surface area contributed by atoms with Gasteiger partial charge in [-0.1, -0.05) is 26.4 Å². The highest BCUT2D eigenvalue weighted by Crippen LogP contribution is 2.47. The molecule has 0 radical (unpaired) electrons. The molecule has 3 aliphatic heterocycles. The van der Waals surface area contributed by atoms with Gasteiger partial charge in [-0.15, -0.1) is 0 Å². The van der Waals surface area contributed by atoms with Crippen molar-refractivity contribution in [3.05, 3.63) is 42.2 Å². The Morgan fingerprint density at radius 2 is 1.86 bits per heavy atom. The Bertz CT molecular complexity index is 1430. The van der Waals surface area contributed by atoms with Crippen LogP contribution in [-0.2, 0) is 25.5 Å². The van der Waals surface area contributed by atoms with Gasteiger partial charge in [-0.2, -0.15) is 0 Å². The van der Waals surface area contributed by atoms with Gasteiger partial charge in [0.1, 0.15) is 18.3 Å². The van der Waals surface area contributed by atoms with Crippen LogP contribution in [0.3, 0.4) is 0 Å². The lowest BCUT2D eigenvalue weighted by atomic mass is 9.70. The number of hydrogen-bond donors (Lipinski definition) is 2. The predicted molar refractivity (Wildman–Crippen MR) is 154 cm³/mol. The first-order valence-electron chi connectivity index (χ1n) is 13.4. The smallest absolute Gasteiger partial charge is 0.415 e. The van der Waals surface area contributed by atoms with Crippen molar-refractivity contribution >= 4 is 46.8 Å². The number of hydrogen-bond acceptors (Lipinski definition) is 11. The van der Waals surface area contributed by atoms with Crippen LogP contribution in [0.25, 0.3) is 11.0 Å². The van der Waals surface area contributed by atoms with Gasteiger partial charge in [0.25, 0.3) is 0 Å². The van der Waals surface area contributed by atoms with E-state index in [9.17, 15) is 19.2 Å². The van der Waals surface area contributed by atoms with Crippen LogP contribution >= 0.6 is 0 Å². The lowest BCUT2D eigenvalue weighted by Gasteiger charge is -2.51. The number of amides is 4. The van der Waals surface area contributed by atoms with Gasteiger partial charge < -0.3 is 29.0 Å². The van der Waals surface area contributed by atoms with E-state index in [1.54, 1.807) is 42.7 Å². The molecule has 1 aromatic carbocycles. The van der Waals surface area contributed by atoms with Crippen LogP contribution in [0.15, 0.2) is 35.4 Å². The number of nitrogens with zero attached hydrogens (tertiary/aromatic N) is 5. The van der Waals surface area contributed by atoms with E-state index in [2.05, 4.69) is 25.8 Å². The average molecular weight is 602 g/mol. The first-order chi connectivity index (χ1) is 20.3. The number of urea groups is 1. The van der Waals surface area contributed by atoms with E-state index in [1.165, 1.54) is 11.9 Å². The molecule has 4 amide bonds. The molecule has 6 rings (SSSR count). The third kappa shape index (κ3) is 6.11. The molecule has 2 fully saturated rings. The molecule has 14 nitrogen and oxygen atoms in total. The molecule has 0 spiro atoms. The van der Waals surface area contributed by atoms with E-state index in [1.807, 2.05) is 13.8 Å². The highest BCUT2D eigenvalue weighted by molar-refractivity contribution is 6.07. The third-order valence-corrected chi connectivity index (χ3v) is 7.05. The molecule has 2 saturated heterocycles. The number of fused-ring (bicyclic) bond motifs is 4. The number of aldehydes is 1. The van der Waals surface area contributed by atoms with Crippen molar-refractivity contribution in [1.29, 1.82) is 0 Å². The molecule has 0 bridgehead atoms. The molecule has 3 aromatic rings. The van der Waals surface area contributed by atoms with Crippen LogP contribution in [0.4, 0.5) is 25.5 Å². The van der Waals surface area contributed by atoms with Crippen molar-refractivity contribution < 1.29 is 37.6 Å². The molecule has 2 unspecified atom stereocenters. The van der Waals surface area contributed by atoms with Gasteiger partial charge in [0.2, 0.25) is 11.5 Å². The Balaban J connectivity index is 0.000000496. The van der Waals surface area contributed by atoms with Crippen molar-refractivity contribution in [1.82, 2.24) is 25.8 Å². The summed E-state index contributed by atoms with van der Waals surface area (Å²) in [5, 5.41) is 8.56. The SMILES string of the molecule is C.CC.CNC(=O)NC(=O)C1(C=O)Cc2cc3c(N4CCOC4=O)noc3c(F)c2N2C[C@@H](C)OCC21.c1cnccn1. The van der Waals surface area contributed by atoms with E-state index in [0.29, 0.717) is 11.8 Å². The van der Waals surface area contributed by atoms with Gasteiger partial charge in [0.15, 0.2) is 11.6 Å². The van der Waals surface area contributed by atoms with Crippen LogP contribution in [0.5, 0.6) is 0 Å². The summed E-state index contributed by atoms with van der Waals surface area (Å²) in [5.74, 6) is -1.46. The monoisotopic (exact) mass is 601 g/mol. The summed E-state index contributed by atoms with van der Waals surface area (Å²) >= 11 is 0. The van der Waals surface area contributed by atoms with E-state index in [0.717, 1.165) is 0 Å². The Morgan fingerprint density at radius 3 is 2.42 bits per heavy atom. The van der Waals surface area contributed by atoms with Crippen molar-refractivity contribution in [2.75, 3.05) is 43.2 Å². The summed E-state index contributed by atoms with van der Waals surface area (Å²) in [7, 11) is 1.34. The number of benzene rings is 1. The van der Waals surface area contributed by atoms with Crippen LogP contribution in [0, 0.1) is 11.2 Å². The highest BCUT2D eigenvalue weighted by atomic mass is 19.1. The van der Waals surface area contributed by atoms with Crippen LogP contribution < -0.4 is 20.4 Å². The minimum Gasteiger partial charge on any atom is -0.447 e. The molecular weight excluding hydrogens is 565 g/mol. The van der Waals surface area contributed by atoms with E-state index in [4.69, 9.17) is 14.0 Å². The molecule has 232 valence electrons. The average Bonchev–Trinajstić information content (AvgIpc) is 3.64. The number of ether oxygens (including phenoxy) is 2. The number of rotatable bonds is 3. The number of anilines is 2. The summed E-state index contributed by atoms with van der Waals surface area (Å²) in [6.07, 6.45) is 5.89.